The van der Waals surface area contributed by atoms with Crippen molar-refractivity contribution in [2.24, 2.45) is 0 Å². The SMILES string of the molecule is C=CCC(NC(=O)Nc1c(C)cccc1Cl)C(=O)O. The Morgan fingerprint density at radius 2 is 2.21 bits per heavy atom. The molecule has 0 aliphatic carbocycles. The van der Waals surface area contributed by atoms with Gasteiger partial charge in [0.05, 0.1) is 10.7 Å². The molecule has 0 aliphatic heterocycles. The van der Waals surface area contributed by atoms with Crippen molar-refractivity contribution in [3.63, 3.8) is 0 Å². The third-order valence-corrected chi connectivity index (χ3v) is 2.78. The first-order valence-electron chi connectivity index (χ1n) is 5.62. The van der Waals surface area contributed by atoms with Crippen molar-refractivity contribution in [1.82, 2.24) is 5.32 Å². The van der Waals surface area contributed by atoms with E-state index >= 15 is 0 Å². The van der Waals surface area contributed by atoms with Crippen molar-refractivity contribution in [2.45, 2.75) is 19.4 Å². The van der Waals surface area contributed by atoms with Crippen LogP contribution in [0.1, 0.15) is 12.0 Å². The van der Waals surface area contributed by atoms with Crippen molar-refractivity contribution in [3.8, 4) is 0 Å². The first-order valence-corrected chi connectivity index (χ1v) is 5.99. The van der Waals surface area contributed by atoms with Crippen molar-refractivity contribution in [3.05, 3.63) is 41.4 Å². The van der Waals surface area contributed by atoms with Crippen LogP contribution in [-0.2, 0) is 4.79 Å². The second kappa shape index (κ2) is 6.80. The third-order valence-electron chi connectivity index (χ3n) is 2.47. The minimum atomic E-state index is -1.12. The molecule has 1 aromatic carbocycles. The predicted molar refractivity (Wildman–Crippen MR) is 74.6 cm³/mol. The molecule has 1 unspecified atom stereocenters. The maximum Gasteiger partial charge on any atom is 0.326 e. The number of aryl methyl sites for hydroxylation is 1. The standard InChI is InChI=1S/C13H15ClN2O3/c1-3-5-10(12(17)18)15-13(19)16-11-8(2)6-4-7-9(11)14/h3-4,6-7,10H,1,5H2,2H3,(H,17,18)(H2,15,16,19). The van der Waals surface area contributed by atoms with E-state index in [-0.39, 0.29) is 6.42 Å². The van der Waals surface area contributed by atoms with E-state index in [0.717, 1.165) is 5.56 Å². The highest BCUT2D eigenvalue weighted by Crippen LogP contribution is 2.24. The smallest absolute Gasteiger partial charge is 0.326 e. The van der Waals surface area contributed by atoms with Crippen LogP contribution >= 0.6 is 11.6 Å². The largest absolute Gasteiger partial charge is 0.480 e. The minimum Gasteiger partial charge on any atom is -0.480 e. The van der Waals surface area contributed by atoms with E-state index in [1.165, 1.54) is 6.08 Å². The van der Waals surface area contributed by atoms with Gasteiger partial charge in [-0.05, 0) is 25.0 Å². The van der Waals surface area contributed by atoms with E-state index in [2.05, 4.69) is 17.2 Å². The molecule has 19 heavy (non-hydrogen) atoms. The summed E-state index contributed by atoms with van der Waals surface area (Å²) in [6, 6.07) is 3.56. The van der Waals surface area contributed by atoms with Gasteiger partial charge in [0.2, 0.25) is 0 Å². The van der Waals surface area contributed by atoms with E-state index in [0.29, 0.717) is 10.7 Å². The highest BCUT2D eigenvalue weighted by molar-refractivity contribution is 6.33. The fraction of sp³-hybridized carbons (Fsp3) is 0.231. The fourth-order valence-corrected chi connectivity index (χ4v) is 1.76. The zero-order valence-corrected chi connectivity index (χ0v) is 11.2. The number of anilines is 1. The van der Waals surface area contributed by atoms with E-state index in [9.17, 15) is 9.59 Å². The lowest BCUT2D eigenvalue weighted by atomic mass is 10.2. The summed E-state index contributed by atoms with van der Waals surface area (Å²) < 4.78 is 0. The number of amides is 2. The van der Waals surface area contributed by atoms with Crippen LogP contribution in [0, 0.1) is 6.92 Å². The number of hydrogen-bond acceptors (Lipinski definition) is 2. The summed E-state index contributed by atoms with van der Waals surface area (Å²) in [5, 5.41) is 14.2. The second-order valence-corrected chi connectivity index (χ2v) is 4.35. The topological polar surface area (TPSA) is 78.4 Å². The Balaban J connectivity index is 2.74. The van der Waals surface area contributed by atoms with Crippen LogP contribution in [0.15, 0.2) is 30.9 Å². The number of halogens is 1. The van der Waals surface area contributed by atoms with Gasteiger partial charge < -0.3 is 15.7 Å². The van der Waals surface area contributed by atoms with E-state index in [1.807, 2.05) is 0 Å². The molecule has 0 aliphatic rings. The van der Waals surface area contributed by atoms with Gasteiger partial charge in [-0.15, -0.1) is 6.58 Å². The first-order chi connectivity index (χ1) is 8.95. The monoisotopic (exact) mass is 282 g/mol. The maximum atomic E-state index is 11.7. The van der Waals surface area contributed by atoms with Crippen LogP contribution < -0.4 is 10.6 Å². The van der Waals surface area contributed by atoms with Crippen molar-refractivity contribution in [2.75, 3.05) is 5.32 Å². The Bertz CT molecular complexity index is 482. The Morgan fingerprint density at radius 3 is 2.74 bits per heavy atom. The quantitative estimate of drug-likeness (QED) is 0.727. The zero-order valence-electron chi connectivity index (χ0n) is 10.4. The number of carbonyl (C=O) groups is 2. The summed E-state index contributed by atoms with van der Waals surface area (Å²) in [5.74, 6) is -1.12. The summed E-state index contributed by atoms with van der Waals surface area (Å²) in [7, 11) is 0. The Labute approximate surface area is 116 Å². The average molecular weight is 283 g/mol. The van der Waals surface area contributed by atoms with Crippen molar-refractivity contribution in [1.29, 1.82) is 0 Å². The number of carboxylic acid groups (broad SMARTS) is 1. The molecule has 2 amide bonds. The number of nitrogens with one attached hydrogen (secondary N) is 2. The van der Waals surface area contributed by atoms with Gasteiger partial charge in [-0.1, -0.05) is 29.8 Å². The minimum absolute atomic E-state index is 0.143. The van der Waals surface area contributed by atoms with Crippen LogP contribution in [0.4, 0.5) is 10.5 Å². The van der Waals surface area contributed by atoms with E-state index in [4.69, 9.17) is 16.7 Å². The lowest BCUT2D eigenvalue weighted by molar-refractivity contribution is -0.139. The molecule has 1 atom stereocenters. The van der Waals surface area contributed by atoms with Gasteiger partial charge in [0, 0.05) is 0 Å². The number of benzene rings is 1. The summed E-state index contributed by atoms with van der Waals surface area (Å²) >= 11 is 5.96. The third kappa shape index (κ3) is 4.30. The molecule has 0 fully saturated rings. The molecule has 3 N–H and O–H groups in total. The molecular formula is C13H15ClN2O3. The van der Waals surface area contributed by atoms with Crippen molar-refractivity contribution >= 4 is 29.3 Å². The van der Waals surface area contributed by atoms with Gasteiger partial charge in [-0.2, -0.15) is 0 Å². The van der Waals surface area contributed by atoms with Gasteiger partial charge >= 0.3 is 12.0 Å². The number of hydrogen-bond donors (Lipinski definition) is 3. The van der Waals surface area contributed by atoms with E-state index in [1.54, 1.807) is 25.1 Å². The summed E-state index contributed by atoms with van der Waals surface area (Å²) in [4.78, 5) is 22.6. The molecule has 0 saturated carbocycles. The molecule has 6 heteroatoms. The highest BCUT2D eigenvalue weighted by atomic mass is 35.5. The number of aliphatic carboxylic acids is 1. The van der Waals surface area contributed by atoms with Gasteiger partial charge in [0.1, 0.15) is 6.04 Å². The number of urea groups is 1. The lowest BCUT2D eigenvalue weighted by Gasteiger charge is -2.15. The number of rotatable bonds is 5. The van der Waals surface area contributed by atoms with Gasteiger partial charge in [0.15, 0.2) is 0 Å². The molecule has 0 radical (unpaired) electrons. The maximum absolute atomic E-state index is 11.7. The Hall–Kier alpha value is -2.01. The molecule has 0 aromatic heterocycles. The molecule has 1 aromatic rings. The van der Waals surface area contributed by atoms with Crippen LogP contribution in [0.3, 0.4) is 0 Å². The summed E-state index contributed by atoms with van der Waals surface area (Å²) in [6.45, 7) is 5.24. The highest BCUT2D eigenvalue weighted by Gasteiger charge is 2.18. The first kappa shape index (κ1) is 15.0. The lowest BCUT2D eigenvalue weighted by Crippen LogP contribution is -2.42. The predicted octanol–water partition coefficient (Wildman–Crippen LogP) is 2.80. The van der Waals surface area contributed by atoms with Gasteiger partial charge in [-0.25, -0.2) is 9.59 Å². The normalized spacial score (nSPS) is 11.5. The van der Waals surface area contributed by atoms with Crippen LogP contribution in [0.5, 0.6) is 0 Å². The number of carbonyl (C=O) groups excluding carboxylic acids is 1. The Morgan fingerprint density at radius 1 is 1.53 bits per heavy atom. The van der Waals surface area contributed by atoms with Gasteiger partial charge in [-0.3, -0.25) is 0 Å². The second-order valence-electron chi connectivity index (χ2n) is 3.95. The van der Waals surface area contributed by atoms with E-state index < -0.39 is 18.0 Å². The molecule has 0 heterocycles. The van der Waals surface area contributed by atoms with Crippen LogP contribution in [-0.4, -0.2) is 23.1 Å². The molecule has 1 rings (SSSR count). The van der Waals surface area contributed by atoms with Crippen molar-refractivity contribution < 1.29 is 14.7 Å². The zero-order chi connectivity index (χ0) is 14.4. The molecule has 5 nitrogen and oxygen atoms in total. The van der Waals surface area contributed by atoms with Gasteiger partial charge in [0.25, 0.3) is 0 Å². The average Bonchev–Trinajstić information content (AvgIpc) is 2.33. The molecule has 0 bridgehead atoms. The molecule has 0 saturated heterocycles. The van der Waals surface area contributed by atoms with Crippen LogP contribution in [0.2, 0.25) is 5.02 Å². The summed E-state index contributed by atoms with van der Waals surface area (Å²) in [6.07, 6.45) is 1.57. The molecule has 0 spiro atoms. The van der Waals surface area contributed by atoms with Crippen LogP contribution in [0.25, 0.3) is 0 Å². The molecular weight excluding hydrogens is 268 g/mol. The number of para-hydroxylation sites is 1. The molecule has 102 valence electrons. The summed E-state index contributed by atoms with van der Waals surface area (Å²) in [5.41, 5.74) is 1.25. The Kier molecular flexibility index (Phi) is 5.38. The fourth-order valence-electron chi connectivity index (χ4n) is 1.49. The number of carboxylic acids is 1.